The summed E-state index contributed by atoms with van der Waals surface area (Å²) in [5, 5.41) is 14.4. The van der Waals surface area contributed by atoms with Gasteiger partial charge in [0.05, 0.1) is 4.92 Å². The summed E-state index contributed by atoms with van der Waals surface area (Å²) in [4.78, 5) is 13.0. The quantitative estimate of drug-likeness (QED) is 0.653. The van der Waals surface area contributed by atoms with Crippen LogP contribution in [0, 0.1) is 28.9 Å². The monoisotopic (exact) mass is 261 g/mol. The minimum absolute atomic E-state index is 0.183. The summed E-state index contributed by atoms with van der Waals surface area (Å²) < 4.78 is 0. The van der Waals surface area contributed by atoms with E-state index in [-0.39, 0.29) is 10.6 Å². The maximum absolute atomic E-state index is 10.9. The highest BCUT2D eigenvalue weighted by molar-refractivity contribution is 5.60. The van der Waals surface area contributed by atoms with Crippen LogP contribution in [-0.4, -0.2) is 30.6 Å². The van der Waals surface area contributed by atoms with E-state index in [0.29, 0.717) is 17.9 Å². The fourth-order valence-corrected chi connectivity index (χ4v) is 3.51. The van der Waals surface area contributed by atoms with Crippen LogP contribution in [0.15, 0.2) is 18.2 Å². The molecule has 2 aliphatic rings. The van der Waals surface area contributed by atoms with E-state index in [0.717, 1.165) is 30.9 Å². The third kappa shape index (κ3) is 1.98. The highest BCUT2D eigenvalue weighted by Crippen LogP contribution is 2.38. The predicted molar refractivity (Wildman–Crippen MR) is 74.5 cm³/mol. The van der Waals surface area contributed by atoms with Crippen molar-refractivity contribution in [3.63, 3.8) is 0 Å². The van der Waals surface area contributed by atoms with Gasteiger partial charge in [-0.1, -0.05) is 6.07 Å². The molecule has 0 amide bonds. The highest BCUT2D eigenvalue weighted by Gasteiger charge is 2.42. The molecular formula is C14H19N3O2. The van der Waals surface area contributed by atoms with Crippen LogP contribution in [0.2, 0.25) is 0 Å². The summed E-state index contributed by atoms with van der Waals surface area (Å²) in [5.41, 5.74) is 2.32. The van der Waals surface area contributed by atoms with Crippen LogP contribution in [0.5, 0.6) is 0 Å². The molecule has 3 unspecified atom stereocenters. The fourth-order valence-electron chi connectivity index (χ4n) is 3.51. The van der Waals surface area contributed by atoms with Gasteiger partial charge in [-0.05, 0) is 31.2 Å². The van der Waals surface area contributed by atoms with Crippen LogP contribution in [0.4, 0.5) is 11.4 Å². The van der Waals surface area contributed by atoms with Crippen molar-refractivity contribution in [3.05, 3.63) is 33.9 Å². The molecule has 0 radical (unpaired) electrons. The first-order valence-corrected chi connectivity index (χ1v) is 6.80. The summed E-state index contributed by atoms with van der Waals surface area (Å²) in [6.45, 7) is 7.39. The van der Waals surface area contributed by atoms with Crippen molar-refractivity contribution in [2.45, 2.75) is 19.9 Å². The van der Waals surface area contributed by atoms with Crippen molar-refractivity contribution < 1.29 is 4.92 Å². The van der Waals surface area contributed by atoms with Crippen LogP contribution in [-0.2, 0) is 0 Å². The molecule has 3 rings (SSSR count). The Balaban J connectivity index is 1.94. The molecule has 0 spiro atoms. The van der Waals surface area contributed by atoms with E-state index in [1.54, 1.807) is 12.1 Å². The second kappa shape index (κ2) is 4.49. The first-order chi connectivity index (χ1) is 9.08. The second-order valence-corrected chi connectivity index (χ2v) is 5.70. The number of nitrogens with one attached hydrogen (secondary N) is 1. The number of nitro benzene ring substituents is 1. The van der Waals surface area contributed by atoms with Crippen LogP contribution < -0.4 is 10.2 Å². The number of fused-ring (bicyclic) bond motifs is 1. The second-order valence-electron chi connectivity index (χ2n) is 5.70. The number of hydrogen-bond acceptors (Lipinski definition) is 4. The van der Waals surface area contributed by atoms with E-state index >= 15 is 0 Å². The fraction of sp³-hybridized carbons (Fsp3) is 0.571. The van der Waals surface area contributed by atoms with Gasteiger partial charge < -0.3 is 10.2 Å². The molecule has 5 nitrogen and oxygen atoms in total. The summed E-state index contributed by atoms with van der Waals surface area (Å²) >= 11 is 0. The van der Waals surface area contributed by atoms with E-state index in [1.807, 2.05) is 13.0 Å². The maximum atomic E-state index is 10.9. The molecule has 1 aromatic rings. The van der Waals surface area contributed by atoms with Crippen LogP contribution >= 0.6 is 0 Å². The number of aryl methyl sites for hydroxylation is 1. The average Bonchev–Trinajstić information content (AvgIpc) is 2.93. The molecule has 5 heteroatoms. The summed E-state index contributed by atoms with van der Waals surface area (Å²) in [7, 11) is 0. The summed E-state index contributed by atoms with van der Waals surface area (Å²) in [6.07, 6.45) is 0. The number of benzene rings is 1. The number of anilines is 1. The predicted octanol–water partition coefficient (Wildman–Crippen LogP) is 1.95. The lowest BCUT2D eigenvalue weighted by Gasteiger charge is -2.28. The first-order valence-electron chi connectivity index (χ1n) is 6.80. The third-order valence-electron chi connectivity index (χ3n) is 4.65. The largest absolute Gasteiger partial charge is 0.368 e. The molecule has 0 saturated carbocycles. The van der Waals surface area contributed by atoms with Gasteiger partial charge in [0, 0.05) is 43.5 Å². The molecular weight excluding hydrogens is 242 g/mol. The molecule has 2 aliphatic heterocycles. The van der Waals surface area contributed by atoms with E-state index in [9.17, 15) is 10.1 Å². The molecule has 2 heterocycles. The van der Waals surface area contributed by atoms with Gasteiger partial charge in [-0.3, -0.25) is 10.1 Å². The lowest BCUT2D eigenvalue weighted by atomic mass is 9.95. The van der Waals surface area contributed by atoms with Gasteiger partial charge in [0.1, 0.15) is 0 Å². The third-order valence-corrected chi connectivity index (χ3v) is 4.65. The van der Waals surface area contributed by atoms with Crippen molar-refractivity contribution in [1.29, 1.82) is 0 Å². The Labute approximate surface area is 112 Å². The minimum Gasteiger partial charge on any atom is -0.368 e. The van der Waals surface area contributed by atoms with Gasteiger partial charge in [-0.15, -0.1) is 0 Å². The maximum Gasteiger partial charge on any atom is 0.271 e. The van der Waals surface area contributed by atoms with Gasteiger partial charge in [0.25, 0.3) is 5.69 Å². The number of non-ortho nitro benzene ring substituents is 1. The van der Waals surface area contributed by atoms with Crippen molar-refractivity contribution >= 4 is 11.4 Å². The zero-order chi connectivity index (χ0) is 13.6. The van der Waals surface area contributed by atoms with Gasteiger partial charge >= 0.3 is 0 Å². The molecule has 102 valence electrons. The molecule has 1 aromatic carbocycles. The van der Waals surface area contributed by atoms with Crippen LogP contribution in [0.1, 0.15) is 12.5 Å². The van der Waals surface area contributed by atoms with Crippen molar-refractivity contribution in [1.82, 2.24) is 5.32 Å². The van der Waals surface area contributed by atoms with Gasteiger partial charge in [-0.25, -0.2) is 0 Å². The Morgan fingerprint density at radius 1 is 1.42 bits per heavy atom. The molecule has 0 bridgehead atoms. The van der Waals surface area contributed by atoms with E-state index in [4.69, 9.17) is 0 Å². The Bertz CT molecular complexity index is 517. The molecule has 1 N–H and O–H groups in total. The number of nitrogens with zero attached hydrogens (tertiary/aromatic N) is 2. The number of hydrogen-bond donors (Lipinski definition) is 1. The normalized spacial score (nSPS) is 29.6. The minimum atomic E-state index is -0.313. The van der Waals surface area contributed by atoms with Gasteiger partial charge in [0.2, 0.25) is 0 Å². The topological polar surface area (TPSA) is 58.4 Å². The summed E-state index contributed by atoms with van der Waals surface area (Å²) in [6, 6.07) is 5.61. The molecule has 0 aromatic heterocycles. The molecule has 2 fully saturated rings. The first kappa shape index (κ1) is 12.4. The van der Waals surface area contributed by atoms with E-state index < -0.39 is 0 Å². The summed E-state index contributed by atoms with van der Waals surface area (Å²) in [5.74, 6) is 1.34. The van der Waals surface area contributed by atoms with Crippen LogP contribution in [0.3, 0.4) is 0 Å². The van der Waals surface area contributed by atoms with Crippen molar-refractivity contribution in [3.8, 4) is 0 Å². The smallest absolute Gasteiger partial charge is 0.271 e. The molecule has 19 heavy (non-hydrogen) atoms. The van der Waals surface area contributed by atoms with E-state index in [2.05, 4.69) is 17.1 Å². The SMILES string of the molecule is Cc1ccc([N+](=O)[O-])cc1N1CC2CNCC2C1C. The zero-order valence-corrected chi connectivity index (χ0v) is 11.3. The van der Waals surface area contributed by atoms with Gasteiger partial charge in [0.15, 0.2) is 0 Å². The molecule has 0 aliphatic carbocycles. The van der Waals surface area contributed by atoms with Crippen molar-refractivity contribution in [2.75, 3.05) is 24.5 Å². The molecule has 2 saturated heterocycles. The standard InChI is InChI=1S/C14H19N3O2/c1-9-3-4-12(17(18)19)5-14(9)16-8-11-6-15-7-13(11)10(16)2/h3-5,10-11,13,15H,6-8H2,1-2H3. The average molecular weight is 261 g/mol. The van der Waals surface area contributed by atoms with Crippen molar-refractivity contribution in [2.24, 2.45) is 11.8 Å². The highest BCUT2D eigenvalue weighted by atomic mass is 16.6. The Hall–Kier alpha value is -1.62. The van der Waals surface area contributed by atoms with Gasteiger partial charge in [-0.2, -0.15) is 0 Å². The lowest BCUT2D eigenvalue weighted by molar-refractivity contribution is -0.384. The number of nitro groups is 1. The zero-order valence-electron chi connectivity index (χ0n) is 11.3. The lowest BCUT2D eigenvalue weighted by Crippen LogP contribution is -2.33. The van der Waals surface area contributed by atoms with Crippen LogP contribution in [0.25, 0.3) is 0 Å². The molecule has 3 atom stereocenters. The Morgan fingerprint density at radius 3 is 2.89 bits per heavy atom. The Kier molecular flexibility index (Phi) is 2.93. The van der Waals surface area contributed by atoms with E-state index in [1.165, 1.54) is 0 Å². The Morgan fingerprint density at radius 2 is 2.21 bits per heavy atom. The number of rotatable bonds is 2.